The van der Waals surface area contributed by atoms with E-state index in [-0.39, 0.29) is 0 Å². The Balaban J connectivity index is 1.49. The quantitative estimate of drug-likeness (QED) is 0.119. The first-order valence-electron chi connectivity index (χ1n) is 11.7. The molecular weight excluding hydrogens is 428 g/mol. The van der Waals surface area contributed by atoms with Crippen molar-refractivity contribution in [3.63, 3.8) is 0 Å². The van der Waals surface area contributed by atoms with Gasteiger partial charge in [0.25, 0.3) is 0 Å². The summed E-state index contributed by atoms with van der Waals surface area (Å²) in [5, 5.41) is 8.49. The lowest BCUT2D eigenvalue weighted by molar-refractivity contribution is 0.0734. The maximum Gasteiger partial charge on any atom is 0.343 e. The minimum Gasteiger partial charge on any atom is -0.494 e. The monoisotopic (exact) mass is 460 g/mol. The predicted octanol–water partition coefficient (Wildman–Crippen LogP) is 7.93. The van der Waals surface area contributed by atoms with E-state index in [1.54, 1.807) is 48.5 Å². The van der Waals surface area contributed by atoms with Gasteiger partial charge in [0, 0.05) is 0 Å². The molecule has 0 aromatic heterocycles. The van der Waals surface area contributed by atoms with Crippen LogP contribution < -0.4 is 14.2 Å². The molecule has 0 saturated heterocycles. The third kappa shape index (κ3) is 8.35. The van der Waals surface area contributed by atoms with Crippen LogP contribution in [0.2, 0.25) is 0 Å². The van der Waals surface area contributed by atoms with Gasteiger partial charge in [-0.25, -0.2) is 4.79 Å². The smallest absolute Gasteiger partial charge is 0.343 e. The topological polar surface area (TPSA) is 69.5 Å². The second kappa shape index (κ2) is 13.1. The van der Waals surface area contributed by atoms with E-state index in [2.05, 4.69) is 31.0 Å². The lowest BCUT2D eigenvalue weighted by Crippen LogP contribution is -2.08. The molecule has 0 N–H and O–H groups in total. The number of hydrogen-bond donors (Lipinski definition) is 0. The van der Waals surface area contributed by atoms with Gasteiger partial charge in [-0.2, -0.15) is 10.2 Å². The van der Waals surface area contributed by atoms with Crippen molar-refractivity contribution in [1.29, 1.82) is 0 Å². The zero-order chi connectivity index (χ0) is 24.2. The van der Waals surface area contributed by atoms with Crippen molar-refractivity contribution < 1.29 is 19.0 Å². The second-order valence-electron chi connectivity index (χ2n) is 8.33. The normalized spacial score (nSPS) is 11.1. The van der Waals surface area contributed by atoms with Crippen LogP contribution in [0.3, 0.4) is 0 Å². The Hall–Kier alpha value is -3.67. The van der Waals surface area contributed by atoms with Gasteiger partial charge in [-0.3, -0.25) is 0 Å². The molecule has 178 valence electrons. The molecule has 0 radical (unpaired) electrons. The van der Waals surface area contributed by atoms with E-state index in [1.165, 1.54) is 0 Å². The van der Waals surface area contributed by atoms with Crippen molar-refractivity contribution in [2.24, 2.45) is 16.1 Å². The van der Waals surface area contributed by atoms with E-state index in [9.17, 15) is 4.79 Å². The van der Waals surface area contributed by atoms with Gasteiger partial charge < -0.3 is 14.2 Å². The zero-order valence-electron chi connectivity index (χ0n) is 20.1. The van der Waals surface area contributed by atoms with Crippen molar-refractivity contribution in [1.82, 2.24) is 0 Å². The van der Waals surface area contributed by atoms with E-state index >= 15 is 0 Å². The molecule has 0 saturated carbocycles. The summed E-state index contributed by atoms with van der Waals surface area (Å²) in [6, 6.07) is 21.4. The van der Waals surface area contributed by atoms with Crippen molar-refractivity contribution in [2.45, 2.75) is 40.0 Å². The van der Waals surface area contributed by atoms with E-state index in [0.717, 1.165) is 36.4 Å². The van der Waals surface area contributed by atoms with Gasteiger partial charge in [0.15, 0.2) is 0 Å². The largest absolute Gasteiger partial charge is 0.494 e. The molecule has 3 rings (SSSR count). The maximum absolute atomic E-state index is 12.4. The lowest BCUT2D eigenvalue weighted by atomic mass is 10.1. The van der Waals surface area contributed by atoms with Crippen LogP contribution in [0.25, 0.3) is 0 Å². The van der Waals surface area contributed by atoms with E-state index in [4.69, 9.17) is 14.2 Å². The number of esters is 1. The van der Waals surface area contributed by atoms with E-state index < -0.39 is 5.97 Å². The molecule has 3 aromatic carbocycles. The maximum atomic E-state index is 12.4. The van der Waals surface area contributed by atoms with Gasteiger partial charge in [-0.15, -0.1) is 0 Å². The fourth-order valence-electron chi connectivity index (χ4n) is 2.91. The highest BCUT2D eigenvalue weighted by molar-refractivity contribution is 5.91. The van der Waals surface area contributed by atoms with Gasteiger partial charge in [0.05, 0.1) is 30.2 Å². The number of nitrogens with zero attached hydrogens (tertiary/aromatic N) is 2. The highest BCUT2D eigenvalue weighted by atomic mass is 16.5. The van der Waals surface area contributed by atoms with Crippen LogP contribution in [0, 0.1) is 5.92 Å². The van der Waals surface area contributed by atoms with E-state index in [0.29, 0.717) is 36.1 Å². The molecule has 0 heterocycles. The first kappa shape index (κ1) is 25.0. The third-order valence-electron chi connectivity index (χ3n) is 4.99. The number of rotatable bonds is 12. The fraction of sp³-hybridized carbons (Fsp3) is 0.321. The number of hydrogen-bond acceptors (Lipinski definition) is 6. The van der Waals surface area contributed by atoms with E-state index in [1.807, 2.05) is 24.3 Å². The van der Waals surface area contributed by atoms with Crippen molar-refractivity contribution >= 4 is 17.3 Å². The first-order chi connectivity index (χ1) is 16.5. The van der Waals surface area contributed by atoms with Crippen LogP contribution in [0.5, 0.6) is 17.2 Å². The molecule has 0 aliphatic heterocycles. The number of carbonyl (C=O) groups is 1. The van der Waals surface area contributed by atoms with Gasteiger partial charge in [0.1, 0.15) is 17.2 Å². The molecule has 0 amide bonds. The minimum absolute atomic E-state index is 0.426. The zero-order valence-corrected chi connectivity index (χ0v) is 20.1. The van der Waals surface area contributed by atoms with Crippen LogP contribution in [0.4, 0.5) is 11.4 Å². The summed E-state index contributed by atoms with van der Waals surface area (Å²) in [7, 11) is 0. The van der Waals surface area contributed by atoms with Crippen LogP contribution in [0.15, 0.2) is 83.0 Å². The number of ether oxygens (including phenoxy) is 3. The molecule has 0 bridgehead atoms. The van der Waals surface area contributed by atoms with Crippen molar-refractivity contribution in [3.8, 4) is 17.2 Å². The van der Waals surface area contributed by atoms with Crippen LogP contribution in [-0.4, -0.2) is 19.2 Å². The highest BCUT2D eigenvalue weighted by Crippen LogP contribution is 2.24. The van der Waals surface area contributed by atoms with Gasteiger partial charge >= 0.3 is 5.97 Å². The Morgan fingerprint density at radius 2 is 1.24 bits per heavy atom. The number of carbonyl (C=O) groups excluding carboxylic acids is 1. The third-order valence-corrected chi connectivity index (χ3v) is 4.99. The minimum atomic E-state index is -0.426. The summed E-state index contributed by atoms with van der Waals surface area (Å²) in [5.74, 6) is 2.20. The summed E-state index contributed by atoms with van der Waals surface area (Å²) in [6.07, 6.45) is 3.10. The standard InChI is InChI=1S/C28H32N2O4/c1-4-5-19-32-25-12-6-22(7-13-25)28(31)34-27-16-10-24(11-17-27)30-29-23-8-14-26(15-9-23)33-20-18-21(2)3/h6-17,21H,4-5,18-20H2,1-3H3. The SMILES string of the molecule is CCCCOc1ccc(C(=O)Oc2ccc(N=Nc3ccc(OCCC(C)C)cc3)cc2)cc1. The summed E-state index contributed by atoms with van der Waals surface area (Å²) in [6.45, 7) is 7.83. The highest BCUT2D eigenvalue weighted by Gasteiger charge is 2.09. The molecular formula is C28H32N2O4. The summed E-state index contributed by atoms with van der Waals surface area (Å²) in [5.41, 5.74) is 1.85. The Kier molecular flexibility index (Phi) is 9.65. The molecule has 0 unspecified atom stereocenters. The number of unbranched alkanes of at least 4 members (excludes halogenated alkanes) is 1. The average Bonchev–Trinajstić information content (AvgIpc) is 2.85. The number of azo groups is 1. The molecule has 0 spiro atoms. The second-order valence-corrected chi connectivity index (χ2v) is 8.33. The Morgan fingerprint density at radius 1 is 0.735 bits per heavy atom. The Labute approximate surface area is 201 Å². The molecule has 34 heavy (non-hydrogen) atoms. The molecule has 3 aromatic rings. The Morgan fingerprint density at radius 3 is 1.76 bits per heavy atom. The van der Waals surface area contributed by atoms with Crippen LogP contribution in [-0.2, 0) is 0 Å². The van der Waals surface area contributed by atoms with Crippen LogP contribution in [0.1, 0.15) is 50.4 Å². The number of benzene rings is 3. The Bertz CT molecular complexity index is 1040. The molecule has 0 fully saturated rings. The molecule has 0 aliphatic rings. The molecule has 0 atom stereocenters. The summed E-state index contributed by atoms with van der Waals surface area (Å²) >= 11 is 0. The fourth-order valence-corrected chi connectivity index (χ4v) is 2.91. The average molecular weight is 461 g/mol. The molecule has 6 nitrogen and oxygen atoms in total. The van der Waals surface area contributed by atoms with Gasteiger partial charge in [-0.05, 0) is 91.6 Å². The van der Waals surface area contributed by atoms with Gasteiger partial charge in [0.2, 0.25) is 0 Å². The predicted molar refractivity (Wildman–Crippen MR) is 134 cm³/mol. The van der Waals surface area contributed by atoms with Crippen molar-refractivity contribution in [2.75, 3.05) is 13.2 Å². The van der Waals surface area contributed by atoms with Crippen molar-refractivity contribution in [3.05, 3.63) is 78.4 Å². The van der Waals surface area contributed by atoms with Crippen LogP contribution >= 0.6 is 0 Å². The summed E-state index contributed by atoms with van der Waals surface area (Å²) < 4.78 is 16.8. The molecule has 6 heteroatoms. The molecule has 0 aliphatic carbocycles. The van der Waals surface area contributed by atoms with Gasteiger partial charge in [-0.1, -0.05) is 27.2 Å². The summed E-state index contributed by atoms with van der Waals surface area (Å²) in [4.78, 5) is 12.4. The first-order valence-corrected chi connectivity index (χ1v) is 11.7. The lowest BCUT2D eigenvalue weighted by Gasteiger charge is -2.07.